The number of carboxylic acid groups (broad SMARTS) is 1. The van der Waals surface area contributed by atoms with Gasteiger partial charge in [0.05, 0.1) is 5.41 Å². The molecule has 19 heavy (non-hydrogen) atoms. The molecule has 2 unspecified atom stereocenters. The lowest BCUT2D eigenvalue weighted by Crippen LogP contribution is -2.53. The Balaban J connectivity index is 1.89. The van der Waals surface area contributed by atoms with Gasteiger partial charge in [-0.05, 0) is 38.4 Å². The molecule has 6 heteroatoms. The molecule has 0 bridgehead atoms. The maximum absolute atomic E-state index is 12.2. The Hall–Kier alpha value is -0.910. The molecular weight excluding hydrogens is 264 g/mol. The molecule has 2 heterocycles. The molecule has 0 aliphatic carbocycles. The molecule has 0 aromatic rings. The molecule has 2 aliphatic rings. The molecule has 2 N–H and O–H groups in total. The summed E-state index contributed by atoms with van der Waals surface area (Å²) < 4.78 is 0. The van der Waals surface area contributed by atoms with E-state index >= 15 is 0 Å². The van der Waals surface area contributed by atoms with E-state index in [0.29, 0.717) is 19.5 Å². The first kappa shape index (κ1) is 14.5. The zero-order chi connectivity index (χ0) is 13.9. The molecule has 0 aromatic heterocycles. The van der Waals surface area contributed by atoms with Crippen molar-refractivity contribution in [3.05, 3.63) is 0 Å². The maximum Gasteiger partial charge on any atom is 0.317 e. The number of thioether (sulfide) groups is 1. The van der Waals surface area contributed by atoms with Gasteiger partial charge in [-0.2, -0.15) is 11.8 Å². The minimum absolute atomic E-state index is 0.0975. The SMILES string of the molecule is CC1(C(=O)O)CCCN(C(=O)NC2CCCSC2)C1. The minimum Gasteiger partial charge on any atom is -0.481 e. The molecule has 5 nitrogen and oxygen atoms in total. The van der Waals surface area contributed by atoms with Gasteiger partial charge in [0, 0.05) is 24.9 Å². The van der Waals surface area contributed by atoms with Crippen LogP contribution in [0.2, 0.25) is 0 Å². The van der Waals surface area contributed by atoms with Crippen molar-refractivity contribution in [1.82, 2.24) is 10.2 Å². The van der Waals surface area contributed by atoms with Gasteiger partial charge in [0.1, 0.15) is 0 Å². The molecule has 108 valence electrons. The summed E-state index contributed by atoms with van der Waals surface area (Å²) in [5.74, 6) is 1.33. The number of nitrogens with one attached hydrogen (secondary N) is 1. The normalized spacial score (nSPS) is 31.8. The van der Waals surface area contributed by atoms with Gasteiger partial charge in [-0.3, -0.25) is 4.79 Å². The quantitative estimate of drug-likeness (QED) is 0.812. The summed E-state index contributed by atoms with van der Waals surface area (Å²) >= 11 is 1.87. The topological polar surface area (TPSA) is 69.6 Å². The van der Waals surface area contributed by atoms with Crippen LogP contribution in [0.5, 0.6) is 0 Å². The van der Waals surface area contributed by atoms with E-state index in [1.807, 2.05) is 11.8 Å². The number of urea groups is 1. The Labute approximate surface area is 118 Å². The molecular formula is C13H22N2O3S. The van der Waals surface area contributed by atoms with Crippen molar-refractivity contribution < 1.29 is 14.7 Å². The number of carbonyl (C=O) groups is 2. The first-order valence-electron chi connectivity index (χ1n) is 6.88. The van der Waals surface area contributed by atoms with Crippen LogP contribution in [0.25, 0.3) is 0 Å². The molecule has 2 amide bonds. The van der Waals surface area contributed by atoms with Gasteiger partial charge < -0.3 is 15.3 Å². The fourth-order valence-electron chi connectivity index (χ4n) is 2.71. The Kier molecular flexibility index (Phi) is 4.60. The first-order valence-corrected chi connectivity index (χ1v) is 8.03. The summed E-state index contributed by atoms with van der Waals surface area (Å²) in [6.07, 6.45) is 3.58. The number of nitrogens with zero attached hydrogens (tertiary/aromatic N) is 1. The number of likely N-dealkylation sites (tertiary alicyclic amines) is 1. The Bertz CT molecular complexity index is 358. The van der Waals surface area contributed by atoms with Gasteiger partial charge in [-0.1, -0.05) is 0 Å². The van der Waals surface area contributed by atoms with Gasteiger partial charge in [0.25, 0.3) is 0 Å². The largest absolute Gasteiger partial charge is 0.481 e. The third-order valence-corrected chi connectivity index (χ3v) is 5.20. The Morgan fingerprint density at radius 1 is 1.42 bits per heavy atom. The van der Waals surface area contributed by atoms with Gasteiger partial charge >= 0.3 is 12.0 Å². The van der Waals surface area contributed by atoms with Gasteiger partial charge in [-0.25, -0.2) is 4.79 Å². The maximum atomic E-state index is 12.2. The third-order valence-electron chi connectivity index (χ3n) is 3.99. The highest BCUT2D eigenvalue weighted by Crippen LogP contribution is 2.29. The van der Waals surface area contributed by atoms with Crippen LogP contribution in [0, 0.1) is 5.41 Å². The lowest BCUT2D eigenvalue weighted by Gasteiger charge is -2.38. The predicted octanol–water partition coefficient (Wildman–Crippen LogP) is 1.78. The zero-order valence-corrected chi connectivity index (χ0v) is 12.2. The summed E-state index contributed by atoms with van der Waals surface area (Å²) in [5.41, 5.74) is -0.795. The highest BCUT2D eigenvalue weighted by Gasteiger charge is 2.39. The van der Waals surface area contributed by atoms with Crippen molar-refractivity contribution in [2.75, 3.05) is 24.6 Å². The average molecular weight is 286 g/mol. The first-order chi connectivity index (χ1) is 9.01. The fourth-order valence-corrected chi connectivity index (χ4v) is 3.78. The standard InChI is InChI=1S/C13H22N2O3S/c1-13(11(16)17)5-3-6-15(9-13)12(18)14-10-4-2-7-19-8-10/h10H,2-9H2,1H3,(H,14,18)(H,16,17). The number of carbonyl (C=O) groups excluding carboxylic acids is 1. The Morgan fingerprint density at radius 2 is 2.21 bits per heavy atom. The van der Waals surface area contributed by atoms with Crippen molar-refractivity contribution >= 4 is 23.8 Å². The van der Waals surface area contributed by atoms with Crippen LogP contribution >= 0.6 is 11.8 Å². The number of aliphatic carboxylic acids is 1. The molecule has 0 aromatic carbocycles. The molecule has 2 atom stereocenters. The molecule has 0 radical (unpaired) electrons. The highest BCUT2D eigenvalue weighted by molar-refractivity contribution is 7.99. The van der Waals surface area contributed by atoms with Crippen LogP contribution in [0.15, 0.2) is 0 Å². The van der Waals surface area contributed by atoms with Gasteiger partial charge in [-0.15, -0.1) is 0 Å². The monoisotopic (exact) mass is 286 g/mol. The number of hydrogen-bond acceptors (Lipinski definition) is 3. The van der Waals surface area contributed by atoms with E-state index < -0.39 is 11.4 Å². The van der Waals surface area contributed by atoms with E-state index in [1.165, 1.54) is 5.75 Å². The highest BCUT2D eigenvalue weighted by atomic mass is 32.2. The summed E-state index contributed by atoms with van der Waals surface area (Å²) in [7, 11) is 0. The Morgan fingerprint density at radius 3 is 2.84 bits per heavy atom. The van der Waals surface area contributed by atoms with Crippen molar-refractivity contribution in [3.8, 4) is 0 Å². The lowest BCUT2D eigenvalue weighted by molar-refractivity contribution is -0.150. The van der Waals surface area contributed by atoms with Crippen LogP contribution < -0.4 is 5.32 Å². The number of amides is 2. The fraction of sp³-hybridized carbons (Fsp3) is 0.846. The van der Waals surface area contributed by atoms with E-state index in [9.17, 15) is 14.7 Å². The molecule has 0 saturated carbocycles. The van der Waals surface area contributed by atoms with Crippen molar-refractivity contribution in [3.63, 3.8) is 0 Å². The van der Waals surface area contributed by atoms with Gasteiger partial charge in [0.15, 0.2) is 0 Å². The molecule has 2 rings (SSSR count). The average Bonchev–Trinajstić information content (AvgIpc) is 2.40. The number of carboxylic acids is 1. The second kappa shape index (κ2) is 6.03. The van der Waals surface area contributed by atoms with Crippen LogP contribution in [-0.4, -0.2) is 52.6 Å². The van der Waals surface area contributed by atoms with E-state index in [4.69, 9.17) is 0 Å². The minimum atomic E-state index is -0.807. The van der Waals surface area contributed by atoms with E-state index in [0.717, 1.165) is 25.0 Å². The van der Waals surface area contributed by atoms with Crippen LogP contribution in [0.3, 0.4) is 0 Å². The summed E-state index contributed by atoms with van der Waals surface area (Å²) in [5, 5.41) is 12.3. The lowest BCUT2D eigenvalue weighted by atomic mass is 9.82. The van der Waals surface area contributed by atoms with Crippen LogP contribution in [0.4, 0.5) is 4.79 Å². The number of piperidine rings is 1. The smallest absolute Gasteiger partial charge is 0.317 e. The molecule has 2 fully saturated rings. The van der Waals surface area contributed by atoms with Gasteiger partial charge in [0.2, 0.25) is 0 Å². The second-order valence-corrected chi connectivity index (χ2v) is 6.90. The van der Waals surface area contributed by atoms with Crippen LogP contribution in [-0.2, 0) is 4.79 Å². The summed E-state index contributed by atoms with van der Waals surface area (Å²) in [6.45, 7) is 2.70. The van der Waals surface area contributed by atoms with E-state index in [-0.39, 0.29) is 12.1 Å². The summed E-state index contributed by atoms with van der Waals surface area (Å²) in [4.78, 5) is 25.1. The second-order valence-electron chi connectivity index (χ2n) is 5.75. The number of rotatable bonds is 2. The zero-order valence-electron chi connectivity index (χ0n) is 11.4. The van der Waals surface area contributed by atoms with E-state index in [1.54, 1.807) is 11.8 Å². The van der Waals surface area contributed by atoms with Crippen molar-refractivity contribution in [2.45, 2.75) is 38.6 Å². The predicted molar refractivity (Wildman–Crippen MR) is 75.4 cm³/mol. The molecule has 0 spiro atoms. The third kappa shape index (κ3) is 3.55. The summed E-state index contributed by atoms with van der Waals surface area (Å²) in [6, 6.07) is 0.143. The van der Waals surface area contributed by atoms with Crippen LogP contribution in [0.1, 0.15) is 32.6 Å². The van der Waals surface area contributed by atoms with Crippen molar-refractivity contribution in [2.24, 2.45) is 5.41 Å². The molecule has 2 saturated heterocycles. The number of hydrogen-bond donors (Lipinski definition) is 2. The van der Waals surface area contributed by atoms with E-state index in [2.05, 4.69) is 5.32 Å². The molecule has 2 aliphatic heterocycles. The van der Waals surface area contributed by atoms with Crippen molar-refractivity contribution in [1.29, 1.82) is 0 Å².